The van der Waals surface area contributed by atoms with Crippen molar-refractivity contribution >= 4 is 23.0 Å². The Morgan fingerprint density at radius 3 is 2.36 bits per heavy atom. The lowest BCUT2D eigenvalue weighted by molar-refractivity contribution is 0.777. The molecule has 2 aromatic rings. The van der Waals surface area contributed by atoms with Crippen LogP contribution in [0.3, 0.4) is 0 Å². The summed E-state index contributed by atoms with van der Waals surface area (Å²) >= 11 is 5.36. The van der Waals surface area contributed by atoms with Crippen molar-refractivity contribution in [3.63, 3.8) is 0 Å². The molecule has 0 heterocycles. The van der Waals surface area contributed by atoms with Gasteiger partial charge in [0.25, 0.3) is 0 Å². The molecule has 2 nitrogen and oxygen atoms in total. The molecule has 0 radical (unpaired) electrons. The minimum Gasteiger partial charge on any atom is -0.362 e. The summed E-state index contributed by atoms with van der Waals surface area (Å²) in [4.78, 5) is 0. The Labute approximate surface area is 139 Å². The number of hydrogen-bond acceptors (Lipinski definition) is 1. The Kier molecular flexibility index (Phi) is 5.96. The maximum atomic E-state index is 5.36. The molecule has 2 aromatic carbocycles. The standard InChI is InChI=1S/C19H24N2S/c1-14-7-10-17(11-8-14)5-4-12-20-19(22)21-18-13-15(2)6-9-16(18)3/h6-11,13H,4-5,12H2,1-3H3,(H2,20,21,22). The van der Waals surface area contributed by atoms with E-state index < -0.39 is 0 Å². The van der Waals surface area contributed by atoms with Gasteiger partial charge in [-0.05, 0) is 68.6 Å². The van der Waals surface area contributed by atoms with Gasteiger partial charge in [0.1, 0.15) is 0 Å². The predicted octanol–water partition coefficient (Wildman–Crippen LogP) is 4.53. The molecule has 0 saturated heterocycles. The van der Waals surface area contributed by atoms with E-state index in [0.29, 0.717) is 5.11 Å². The SMILES string of the molecule is Cc1ccc(CCCNC(=S)Nc2cc(C)ccc2C)cc1. The number of rotatable bonds is 5. The lowest BCUT2D eigenvalue weighted by Gasteiger charge is -2.13. The fraction of sp³-hybridized carbons (Fsp3) is 0.316. The van der Waals surface area contributed by atoms with E-state index >= 15 is 0 Å². The average molecular weight is 312 g/mol. The van der Waals surface area contributed by atoms with E-state index in [0.717, 1.165) is 25.1 Å². The molecule has 3 heteroatoms. The van der Waals surface area contributed by atoms with Crippen molar-refractivity contribution in [2.24, 2.45) is 0 Å². The second-order valence-corrected chi connectivity index (χ2v) is 6.20. The van der Waals surface area contributed by atoms with E-state index in [1.165, 1.54) is 22.3 Å². The zero-order valence-electron chi connectivity index (χ0n) is 13.6. The average Bonchev–Trinajstić information content (AvgIpc) is 2.49. The number of aryl methyl sites for hydroxylation is 4. The Bertz CT molecular complexity index is 632. The van der Waals surface area contributed by atoms with Crippen LogP contribution in [0.4, 0.5) is 5.69 Å². The van der Waals surface area contributed by atoms with Crippen LogP contribution in [0, 0.1) is 20.8 Å². The van der Waals surface area contributed by atoms with Crippen molar-refractivity contribution in [2.75, 3.05) is 11.9 Å². The third-order valence-electron chi connectivity index (χ3n) is 3.69. The molecule has 0 atom stereocenters. The number of nitrogens with one attached hydrogen (secondary N) is 2. The van der Waals surface area contributed by atoms with Gasteiger partial charge >= 0.3 is 0 Å². The van der Waals surface area contributed by atoms with Crippen LogP contribution in [-0.2, 0) is 6.42 Å². The van der Waals surface area contributed by atoms with E-state index in [1.54, 1.807) is 0 Å². The van der Waals surface area contributed by atoms with Crippen LogP contribution < -0.4 is 10.6 Å². The minimum atomic E-state index is 0.692. The van der Waals surface area contributed by atoms with E-state index in [1.807, 2.05) is 0 Å². The largest absolute Gasteiger partial charge is 0.362 e. The molecule has 0 aliphatic carbocycles. The van der Waals surface area contributed by atoms with Crippen LogP contribution in [0.2, 0.25) is 0 Å². The van der Waals surface area contributed by atoms with Gasteiger partial charge < -0.3 is 10.6 Å². The van der Waals surface area contributed by atoms with Gasteiger partial charge in [0.2, 0.25) is 0 Å². The minimum absolute atomic E-state index is 0.692. The number of thiocarbonyl (C=S) groups is 1. The van der Waals surface area contributed by atoms with E-state index in [2.05, 4.69) is 73.9 Å². The highest BCUT2D eigenvalue weighted by Gasteiger charge is 2.01. The summed E-state index contributed by atoms with van der Waals surface area (Å²) in [6.45, 7) is 7.16. The first-order valence-electron chi connectivity index (χ1n) is 7.72. The van der Waals surface area contributed by atoms with Crippen molar-refractivity contribution in [3.8, 4) is 0 Å². The van der Waals surface area contributed by atoms with Gasteiger partial charge in [-0.25, -0.2) is 0 Å². The summed E-state index contributed by atoms with van der Waals surface area (Å²) in [6.07, 6.45) is 2.14. The van der Waals surface area contributed by atoms with E-state index in [-0.39, 0.29) is 0 Å². The van der Waals surface area contributed by atoms with Gasteiger partial charge in [-0.3, -0.25) is 0 Å². The molecule has 2 rings (SSSR count). The first kappa shape index (κ1) is 16.5. The highest BCUT2D eigenvalue weighted by molar-refractivity contribution is 7.80. The number of benzene rings is 2. The molecule has 0 saturated carbocycles. The molecule has 0 aromatic heterocycles. The van der Waals surface area contributed by atoms with E-state index in [9.17, 15) is 0 Å². The smallest absolute Gasteiger partial charge is 0.170 e. The normalized spacial score (nSPS) is 10.3. The van der Waals surface area contributed by atoms with Gasteiger partial charge in [-0.1, -0.05) is 42.0 Å². The maximum Gasteiger partial charge on any atom is 0.170 e. The molecule has 22 heavy (non-hydrogen) atoms. The van der Waals surface area contributed by atoms with Crippen molar-refractivity contribution in [2.45, 2.75) is 33.6 Å². The Hall–Kier alpha value is -1.87. The summed E-state index contributed by atoms with van der Waals surface area (Å²) in [5.74, 6) is 0. The molecule has 0 bridgehead atoms. The predicted molar refractivity (Wildman–Crippen MR) is 99.6 cm³/mol. The molecule has 116 valence electrons. The fourth-order valence-electron chi connectivity index (χ4n) is 2.29. The van der Waals surface area contributed by atoms with Crippen molar-refractivity contribution in [1.82, 2.24) is 5.32 Å². The molecular formula is C19H24N2S. The molecule has 0 spiro atoms. The maximum absolute atomic E-state index is 5.36. The first-order chi connectivity index (χ1) is 10.5. The highest BCUT2D eigenvalue weighted by Crippen LogP contribution is 2.16. The lowest BCUT2D eigenvalue weighted by Crippen LogP contribution is -2.29. The third-order valence-corrected chi connectivity index (χ3v) is 3.94. The van der Waals surface area contributed by atoms with Gasteiger partial charge in [0, 0.05) is 12.2 Å². The zero-order valence-corrected chi connectivity index (χ0v) is 14.4. The second-order valence-electron chi connectivity index (χ2n) is 5.79. The van der Waals surface area contributed by atoms with Crippen LogP contribution in [0.1, 0.15) is 28.7 Å². The summed E-state index contributed by atoms with van der Waals surface area (Å²) < 4.78 is 0. The molecule has 0 fully saturated rings. The van der Waals surface area contributed by atoms with Crippen molar-refractivity contribution in [1.29, 1.82) is 0 Å². The molecule has 2 N–H and O–H groups in total. The summed E-state index contributed by atoms with van der Waals surface area (Å²) in [7, 11) is 0. The zero-order chi connectivity index (χ0) is 15.9. The van der Waals surface area contributed by atoms with Crippen LogP contribution in [0.15, 0.2) is 42.5 Å². The summed E-state index contributed by atoms with van der Waals surface area (Å²) in [5, 5.41) is 7.25. The van der Waals surface area contributed by atoms with Gasteiger partial charge in [0.15, 0.2) is 5.11 Å². The highest BCUT2D eigenvalue weighted by atomic mass is 32.1. The van der Waals surface area contributed by atoms with Crippen LogP contribution in [-0.4, -0.2) is 11.7 Å². The third kappa shape index (κ3) is 5.15. The van der Waals surface area contributed by atoms with Gasteiger partial charge in [-0.2, -0.15) is 0 Å². The molecule has 0 aliphatic rings. The van der Waals surface area contributed by atoms with Crippen LogP contribution in [0.5, 0.6) is 0 Å². The number of anilines is 1. The first-order valence-corrected chi connectivity index (χ1v) is 8.13. The summed E-state index contributed by atoms with van der Waals surface area (Å²) in [6, 6.07) is 15.1. The molecule has 0 amide bonds. The van der Waals surface area contributed by atoms with Crippen molar-refractivity contribution in [3.05, 3.63) is 64.7 Å². The Balaban J connectivity index is 1.74. The summed E-state index contributed by atoms with van der Waals surface area (Å²) in [5.41, 5.74) is 6.20. The molecule has 0 aliphatic heterocycles. The van der Waals surface area contributed by atoms with Gasteiger partial charge in [0.05, 0.1) is 0 Å². The van der Waals surface area contributed by atoms with Crippen LogP contribution >= 0.6 is 12.2 Å². The van der Waals surface area contributed by atoms with Crippen LogP contribution in [0.25, 0.3) is 0 Å². The monoisotopic (exact) mass is 312 g/mol. The van der Waals surface area contributed by atoms with E-state index in [4.69, 9.17) is 12.2 Å². The topological polar surface area (TPSA) is 24.1 Å². The molecule has 0 unspecified atom stereocenters. The quantitative estimate of drug-likeness (QED) is 0.626. The van der Waals surface area contributed by atoms with Crippen molar-refractivity contribution < 1.29 is 0 Å². The lowest BCUT2D eigenvalue weighted by atomic mass is 10.1. The molecular weight excluding hydrogens is 288 g/mol. The van der Waals surface area contributed by atoms with Gasteiger partial charge in [-0.15, -0.1) is 0 Å². The Morgan fingerprint density at radius 1 is 0.955 bits per heavy atom. The second kappa shape index (κ2) is 7.95. The number of hydrogen-bond donors (Lipinski definition) is 2. The Morgan fingerprint density at radius 2 is 1.64 bits per heavy atom. The fourth-order valence-corrected chi connectivity index (χ4v) is 2.50.